The number of halogens is 2. The highest BCUT2D eigenvalue weighted by atomic mass is 79.9. The average molecular weight is 329 g/mol. The first-order valence-electron chi connectivity index (χ1n) is 5.80. The molecule has 0 saturated carbocycles. The molecular formula is C13H14BrFN2S. The lowest BCUT2D eigenvalue weighted by Crippen LogP contribution is -2.23. The van der Waals surface area contributed by atoms with Crippen LogP contribution in [-0.2, 0) is 0 Å². The summed E-state index contributed by atoms with van der Waals surface area (Å²) >= 11 is 4.75. The number of benzene rings is 1. The second-order valence-corrected chi connectivity index (χ2v) is 5.71. The molecule has 2 rings (SSSR count). The molecule has 0 bridgehead atoms. The maximum atomic E-state index is 13.6. The van der Waals surface area contributed by atoms with E-state index in [1.165, 1.54) is 0 Å². The van der Waals surface area contributed by atoms with Crippen molar-refractivity contribution in [2.75, 3.05) is 6.54 Å². The van der Waals surface area contributed by atoms with Gasteiger partial charge in [-0.15, -0.1) is 11.3 Å². The zero-order valence-corrected chi connectivity index (χ0v) is 12.4. The second kappa shape index (κ2) is 6.41. The Morgan fingerprint density at radius 1 is 1.50 bits per heavy atom. The normalized spacial score (nSPS) is 12.6. The van der Waals surface area contributed by atoms with Gasteiger partial charge in [-0.05, 0) is 46.6 Å². The number of thiazole rings is 1. The lowest BCUT2D eigenvalue weighted by atomic mass is 10.1. The van der Waals surface area contributed by atoms with Crippen LogP contribution in [0, 0.1) is 5.82 Å². The molecule has 96 valence electrons. The van der Waals surface area contributed by atoms with Gasteiger partial charge in [-0.25, -0.2) is 9.37 Å². The highest BCUT2D eigenvalue weighted by molar-refractivity contribution is 9.10. The van der Waals surface area contributed by atoms with E-state index >= 15 is 0 Å². The van der Waals surface area contributed by atoms with E-state index in [2.05, 4.69) is 33.2 Å². The minimum atomic E-state index is -0.243. The molecule has 0 spiro atoms. The molecule has 1 unspecified atom stereocenters. The molecule has 1 aromatic heterocycles. The predicted octanol–water partition coefficient (Wildman–Crippen LogP) is 4.13. The van der Waals surface area contributed by atoms with Crippen LogP contribution in [0.5, 0.6) is 0 Å². The fourth-order valence-corrected chi connectivity index (χ4v) is 2.69. The summed E-state index contributed by atoms with van der Waals surface area (Å²) in [5.74, 6) is -0.243. The second-order valence-electron chi connectivity index (χ2n) is 3.93. The van der Waals surface area contributed by atoms with E-state index < -0.39 is 0 Å². The average Bonchev–Trinajstić information content (AvgIpc) is 2.88. The number of rotatable bonds is 5. The Labute approximate surface area is 118 Å². The molecule has 1 aromatic carbocycles. The molecule has 5 heteroatoms. The summed E-state index contributed by atoms with van der Waals surface area (Å²) in [7, 11) is 0. The van der Waals surface area contributed by atoms with Crippen molar-refractivity contribution < 1.29 is 4.39 Å². The third-order valence-electron chi connectivity index (χ3n) is 2.57. The monoisotopic (exact) mass is 328 g/mol. The van der Waals surface area contributed by atoms with Crippen molar-refractivity contribution in [3.05, 3.63) is 50.6 Å². The predicted molar refractivity (Wildman–Crippen MR) is 76.4 cm³/mol. The van der Waals surface area contributed by atoms with E-state index in [0.29, 0.717) is 4.47 Å². The largest absolute Gasteiger partial charge is 0.304 e. The van der Waals surface area contributed by atoms with Gasteiger partial charge in [0.2, 0.25) is 0 Å². The molecule has 0 aliphatic carbocycles. The molecule has 0 aliphatic rings. The third-order valence-corrected chi connectivity index (χ3v) is 4.06. The summed E-state index contributed by atoms with van der Waals surface area (Å²) < 4.78 is 14.1. The lowest BCUT2D eigenvalue weighted by molar-refractivity contribution is 0.581. The molecule has 0 radical (unpaired) electrons. The van der Waals surface area contributed by atoms with Crippen LogP contribution in [0.2, 0.25) is 0 Å². The molecular weight excluding hydrogens is 315 g/mol. The molecule has 0 saturated heterocycles. The van der Waals surface area contributed by atoms with Crippen molar-refractivity contribution in [1.82, 2.24) is 10.3 Å². The zero-order valence-electron chi connectivity index (χ0n) is 9.99. The molecule has 0 aliphatic heterocycles. The van der Waals surface area contributed by atoms with Crippen LogP contribution in [0.3, 0.4) is 0 Å². The summed E-state index contributed by atoms with van der Waals surface area (Å²) in [4.78, 5) is 4.32. The van der Waals surface area contributed by atoms with Gasteiger partial charge in [-0.3, -0.25) is 0 Å². The first-order chi connectivity index (χ1) is 8.72. The van der Waals surface area contributed by atoms with Gasteiger partial charge in [0, 0.05) is 11.6 Å². The maximum absolute atomic E-state index is 13.6. The first-order valence-corrected chi connectivity index (χ1v) is 7.47. The van der Waals surface area contributed by atoms with E-state index in [9.17, 15) is 4.39 Å². The topological polar surface area (TPSA) is 24.9 Å². The number of aromatic nitrogens is 1. The molecule has 0 fully saturated rings. The Morgan fingerprint density at radius 2 is 2.33 bits per heavy atom. The Hall–Kier alpha value is -0.780. The van der Waals surface area contributed by atoms with Gasteiger partial charge in [-0.1, -0.05) is 13.0 Å². The maximum Gasteiger partial charge on any atom is 0.137 e. The lowest BCUT2D eigenvalue weighted by Gasteiger charge is -2.17. The van der Waals surface area contributed by atoms with Crippen molar-refractivity contribution in [2.24, 2.45) is 0 Å². The van der Waals surface area contributed by atoms with E-state index in [1.807, 2.05) is 11.4 Å². The SMILES string of the molecule is CCCNC(c1ccc(Br)c(F)c1)c1nccs1. The Bertz CT molecular complexity index is 502. The van der Waals surface area contributed by atoms with Gasteiger partial charge in [0.1, 0.15) is 10.8 Å². The number of nitrogens with zero attached hydrogens (tertiary/aromatic N) is 1. The standard InChI is InChI=1S/C13H14BrFN2S/c1-2-5-16-12(13-17-6-7-18-13)9-3-4-10(14)11(15)8-9/h3-4,6-8,12,16H,2,5H2,1H3. The molecule has 1 N–H and O–H groups in total. The Balaban J connectivity index is 2.30. The van der Waals surface area contributed by atoms with Gasteiger partial charge in [0.25, 0.3) is 0 Å². The van der Waals surface area contributed by atoms with Gasteiger partial charge < -0.3 is 5.32 Å². The van der Waals surface area contributed by atoms with Crippen LogP contribution in [0.1, 0.15) is 30.0 Å². The van der Waals surface area contributed by atoms with Crippen LogP contribution in [-0.4, -0.2) is 11.5 Å². The van der Waals surface area contributed by atoms with Crippen LogP contribution < -0.4 is 5.32 Å². The number of hydrogen-bond donors (Lipinski definition) is 1. The molecule has 2 nitrogen and oxygen atoms in total. The van der Waals surface area contributed by atoms with Gasteiger partial charge in [0.15, 0.2) is 0 Å². The molecule has 1 atom stereocenters. The van der Waals surface area contributed by atoms with Crippen LogP contribution in [0.25, 0.3) is 0 Å². The minimum Gasteiger partial charge on any atom is -0.304 e. The smallest absolute Gasteiger partial charge is 0.137 e. The van der Waals surface area contributed by atoms with E-state index in [-0.39, 0.29) is 11.9 Å². The van der Waals surface area contributed by atoms with E-state index in [4.69, 9.17) is 0 Å². The van der Waals surface area contributed by atoms with E-state index in [1.54, 1.807) is 29.7 Å². The fourth-order valence-electron chi connectivity index (χ4n) is 1.71. The van der Waals surface area contributed by atoms with Crippen LogP contribution >= 0.6 is 27.3 Å². The molecule has 18 heavy (non-hydrogen) atoms. The van der Waals surface area contributed by atoms with Crippen molar-refractivity contribution in [3.63, 3.8) is 0 Å². The highest BCUT2D eigenvalue weighted by Gasteiger charge is 2.16. The summed E-state index contributed by atoms with van der Waals surface area (Å²) in [6.45, 7) is 2.98. The molecule has 1 heterocycles. The molecule has 0 amide bonds. The molecule has 2 aromatic rings. The highest BCUT2D eigenvalue weighted by Crippen LogP contribution is 2.26. The van der Waals surface area contributed by atoms with E-state index in [0.717, 1.165) is 23.5 Å². The van der Waals surface area contributed by atoms with Crippen LogP contribution in [0.4, 0.5) is 4.39 Å². The van der Waals surface area contributed by atoms with Gasteiger partial charge in [-0.2, -0.15) is 0 Å². The van der Waals surface area contributed by atoms with Crippen molar-refractivity contribution in [1.29, 1.82) is 0 Å². The summed E-state index contributed by atoms with van der Waals surface area (Å²) in [6.07, 6.45) is 2.80. The van der Waals surface area contributed by atoms with Crippen LogP contribution in [0.15, 0.2) is 34.2 Å². The Morgan fingerprint density at radius 3 is 2.94 bits per heavy atom. The fraction of sp³-hybridized carbons (Fsp3) is 0.308. The number of nitrogens with one attached hydrogen (secondary N) is 1. The van der Waals surface area contributed by atoms with Crippen molar-refractivity contribution in [3.8, 4) is 0 Å². The van der Waals surface area contributed by atoms with Gasteiger partial charge in [0.05, 0.1) is 10.5 Å². The third kappa shape index (κ3) is 3.16. The van der Waals surface area contributed by atoms with Crippen molar-refractivity contribution in [2.45, 2.75) is 19.4 Å². The first kappa shape index (κ1) is 13.6. The minimum absolute atomic E-state index is 0.0347. The Kier molecular flexibility index (Phi) is 4.86. The zero-order chi connectivity index (χ0) is 13.0. The quantitative estimate of drug-likeness (QED) is 0.892. The number of hydrogen-bond acceptors (Lipinski definition) is 3. The summed E-state index contributed by atoms with van der Waals surface area (Å²) in [5.41, 5.74) is 0.902. The van der Waals surface area contributed by atoms with Crippen molar-refractivity contribution >= 4 is 27.3 Å². The van der Waals surface area contributed by atoms with Gasteiger partial charge >= 0.3 is 0 Å². The summed E-state index contributed by atoms with van der Waals surface area (Å²) in [5, 5.41) is 6.30. The summed E-state index contributed by atoms with van der Waals surface area (Å²) in [6, 6.07) is 5.17.